The second-order valence-corrected chi connectivity index (χ2v) is 7.63. The highest BCUT2D eigenvalue weighted by Gasteiger charge is 2.27. The molecule has 0 atom stereocenters. The predicted octanol–water partition coefficient (Wildman–Crippen LogP) is 3.60. The maximum absolute atomic E-state index is 12.6. The lowest BCUT2D eigenvalue weighted by atomic mass is 10.1. The molecule has 0 aliphatic rings. The monoisotopic (exact) mass is 446 g/mol. The van der Waals surface area contributed by atoms with E-state index in [1.165, 1.54) is 18.1 Å². The molecule has 8 nitrogen and oxygen atoms in total. The maximum atomic E-state index is 12.6. The van der Waals surface area contributed by atoms with E-state index in [9.17, 15) is 14.4 Å². The lowest BCUT2D eigenvalue weighted by molar-refractivity contribution is -0.111. The largest absolute Gasteiger partial charge is 0.497 e. The number of amides is 2. The number of nitrogens with zero attached hydrogens (tertiary/aromatic N) is 1. The van der Waals surface area contributed by atoms with E-state index >= 15 is 0 Å². The van der Waals surface area contributed by atoms with Crippen molar-refractivity contribution < 1.29 is 28.6 Å². The summed E-state index contributed by atoms with van der Waals surface area (Å²) in [5, 5.41) is 2.95. The van der Waals surface area contributed by atoms with Crippen LogP contribution in [0.4, 0.5) is 5.00 Å². The first-order valence-electron chi connectivity index (χ1n) is 9.46. The number of hydrogen-bond donors (Lipinski definition) is 1. The molecule has 1 heterocycles. The Bertz CT molecular complexity index is 1010. The second kappa shape index (κ2) is 10.6. The molecule has 0 saturated heterocycles. The molecule has 0 aliphatic carbocycles. The zero-order valence-corrected chi connectivity index (χ0v) is 19.2. The van der Waals surface area contributed by atoms with E-state index in [2.05, 4.69) is 5.32 Å². The van der Waals surface area contributed by atoms with Gasteiger partial charge in [-0.25, -0.2) is 4.79 Å². The summed E-state index contributed by atoms with van der Waals surface area (Å²) in [6.07, 6.45) is 2.89. The van der Waals surface area contributed by atoms with Crippen molar-refractivity contribution in [2.45, 2.75) is 13.8 Å². The van der Waals surface area contributed by atoms with Gasteiger partial charge >= 0.3 is 5.97 Å². The number of carbonyl (C=O) groups is 3. The lowest BCUT2D eigenvalue weighted by Gasteiger charge is -2.09. The number of ether oxygens (including phenoxy) is 3. The minimum atomic E-state index is -0.595. The Balaban J connectivity index is 2.35. The average Bonchev–Trinajstić information content (AvgIpc) is 3.06. The topological polar surface area (TPSA) is 94.2 Å². The van der Waals surface area contributed by atoms with Gasteiger partial charge in [0, 0.05) is 25.7 Å². The molecule has 1 N–H and O–H groups in total. The fourth-order valence-electron chi connectivity index (χ4n) is 2.75. The highest BCUT2D eigenvalue weighted by Crippen LogP contribution is 2.34. The minimum absolute atomic E-state index is 0.175. The summed E-state index contributed by atoms with van der Waals surface area (Å²) < 4.78 is 15.6. The molecular weight excluding hydrogens is 420 g/mol. The van der Waals surface area contributed by atoms with Gasteiger partial charge in [-0.1, -0.05) is 0 Å². The van der Waals surface area contributed by atoms with Crippen LogP contribution >= 0.6 is 11.3 Å². The van der Waals surface area contributed by atoms with Gasteiger partial charge < -0.3 is 24.4 Å². The first-order chi connectivity index (χ1) is 14.7. The molecule has 0 bridgehead atoms. The van der Waals surface area contributed by atoms with E-state index in [1.807, 2.05) is 0 Å². The van der Waals surface area contributed by atoms with Crippen LogP contribution < -0.4 is 14.8 Å². The lowest BCUT2D eigenvalue weighted by Crippen LogP contribution is -2.21. The zero-order valence-electron chi connectivity index (χ0n) is 18.4. The van der Waals surface area contributed by atoms with E-state index in [4.69, 9.17) is 14.2 Å². The number of rotatable bonds is 8. The number of esters is 1. The van der Waals surface area contributed by atoms with Crippen molar-refractivity contribution in [2.24, 2.45) is 0 Å². The third kappa shape index (κ3) is 5.64. The summed E-state index contributed by atoms with van der Waals surface area (Å²) in [6.45, 7) is 3.52. The fourth-order valence-corrected chi connectivity index (χ4v) is 3.97. The van der Waals surface area contributed by atoms with E-state index in [1.54, 1.807) is 59.3 Å². The molecule has 166 valence electrons. The smallest absolute Gasteiger partial charge is 0.341 e. The van der Waals surface area contributed by atoms with Crippen molar-refractivity contribution in [1.29, 1.82) is 0 Å². The normalized spacial score (nSPS) is 10.6. The number of anilines is 1. The fraction of sp³-hybridized carbons (Fsp3) is 0.318. The third-order valence-electron chi connectivity index (χ3n) is 4.31. The maximum Gasteiger partial charge on any atom is 0.341 e. The van der Waals surface area contributed by atoms with Crippen molar-refractivity contribution in [1.82, 2.24) is 4.90 Å². The Labute approximate surface area is 185 Å². The molecular formula is C22H26N2O6S. The Kier molecular flexibility index (Phi) is 8.21. The molecule has 1 aromatic heterocycles. The Morgan fingerprint density at radius 3 is 2.45 bits per heavy atom. The Morgan fingerprint density at radius 2 is 1.87 bits per heavy atom. The summed E-state index contributed by atoms with van der Waals surface area (Å²) in [7, 11) is 6.31. The van der Waals surface area contributed by atoms with E-state index in [0.29, 0.717) is 27.5 Å². The first-order valence-corrected chi connectivity index (χ1v) is 10.3. The quantitative estimate of drug-likeness (QED) is 0.492. The minimum Gasteiger partial charge on any atom is -0.497 e. The van der Waals surface area contributed by atoms with Gasteiger partial charge in [0.15, 0.2) is 0 Å². The van der Waals surface area contributed by atoms with Crippen LogP contribution in [0.1, 0.15) is 38.1 Å². The van der Waals surface area contributed by atoms with Gasteiger partial charge in [-0.2, -0.15) is 0 Å². The summed E-state index contributed by atoms with van der Waals surface area (Å²) in [5.41, 5.74) is 1.29. The van der Waals surface area contributed by atoms with Crippen LogP contribution in [-0.4, -0.2) is 57.6 Å². The van der Waals surface area contributed by atoms with Crippen molar-refractivity contribution >= 4 is 40.2 Å². The van der Waals surface area contributed by atoms with Crippen LogP contribution in [0.5, 0.6) is 11.5 Å². The Hall–Kier alpha value is -3.33. The van der Waals surface area contributed by atoms with Crippen molar-refractivity contribution in [3.05, 3.63) is 45.8 Å². The van der Waals surface area contributed by atoms with Gasteiger partial charge in [0.1, 0.15) is 16.5 Å². The van der Waals surface area contributed by atoms with Gasteiger partial charge in [0.05, 0.1) is 31.3 Å². The van der Waals surface area contributed by atoms with Crippen molar-refractivity contribution in [3.8, 4) is 11.5 Å². The first kappa shape index (κ1) is 23.9. The van der Waals surface area contributed by atoms with Crippen LogP contribution in [-0.2, 0) is 9.53 Å². The molecule has 1 aromatic carbocycles. The van der Waals surface area contributed by atoms with Crippen LogP contribution in [0.25, 0.3) is 6.08 Å². The van der Waals surface area contributed by atoms with E-state index < -0.39 is 11.9 Å². The molecule has 31 heavy (non-hydrogen) atoms. The standard InChI is InChI=1S/C22H26N2O6S/c1-7-30-22(27)18-13(2)19(21(26)24(3)4)31-20(18)23-17(25)11-8-14-12-15(28-5)9-10-16(14)29-6/h8-12H,7H2,1-6H3,(H,23,25)/b11-8+. The summed E-state index contributed by atoms with van der Waals surface area (Å²) in [5.74, 6) is -0.136. The number of benzene rings is 1. The molecule has 0 aliphatic heterocycles. The van der Waals surface area contributed by atoms with Gasteiger partial charge in [-0.15, -0.1) is 11.3 Å². The molecule has 2 aromatic rings. The molecule has 9 heteroatoms. The number of hydrogen-bond acceptors (Lipinski definition) is 7. The van der Waals surface area contributed by atoms with Crippen LogP contribution in [0, 0.1) is 6.92 Å². The molecule has 0 fully saturated rings. The number of nitrogens with one attached hydrogen (secondary N) is 1. The van der Waals surface area contributed by atoms with Gasteiger partial charge in [0.25, 0.3) is 5.91 Å². The molecule has 0 saturated carbocycles. The van der Waals surface area contributed by atoms with Crippen LogP contribution in [0.2, 0.25) is 0 Å². The van der Waals surface area contributed by atoms with Gasteiger partial charge in [-0.3, -0.25) is 9.59 Å². The zero-order chi connectivity index (χ0) is 23.1. The average molecular weight is 447 g/mol. The van der Waals surface area contributed by atoms with Gasteiger partial charge in [-0.05, 0) is 43.7 Å². The molecule has 0 radical (unpaired) electrons. The highest BCUT2D eigenvalue weighted by molar-refractivity contribution is 7.18. The van der Waals surface area contributed by atoms with Crippen molar-refractivity contribution in [3.63, 3.8) is 0 Å². The predicted molar refractivity (Wildman–Crippen MR) is 120 cm³/mol. The van der Waals surface area contributed by atoms with Gasteiger partial charge in [0.2, 0.25) is 5.91 Å². The molecule has 2 amide bonds. The summed E-state index contributed by atoms with van der Waals surface area (Å²) in [4.78, 5) is 39.3. The molecule has 0 unspecified atom stereocenters. The second-order valence-electron chi connectivity index (χ2n) is 6.61. The van der Waals surface area contributed by atoms with Crippen molar-refractivity contribution in [2.75, 3.05) is 40.2 Å². The number of methoxy groups -OCH3 is 2. The Morgan fingerprint density at radius 1 is 1.16 bits per heavy atom. The highest BCUT2D eigenvalue weighted by atomic mass is 32.1. The summed E-state index contributed by atoms with van der Waals surface area (Å²) in [6, 6.07) is 5.21. The van der Waals surface area contributed by atoms with Crippen LogP contribution in [0.15, 0.2) is 24.3 Å². The molecule has 2 rings (SSSR count). The molecule has 0 spiro atoms. The van der Waals surface area contributed by atoms with E-state index in [0.717, 1.165) is 11.3 Å². The van der Waals surface area contributed by atoms with E-state index in [-0.39, 0.29) is 23.1 Å². The number of carbonyl (C=O) groups excluding carboxylic acids is 3. The SMILES string of the molecule is CCOC(=O)c1c(NC(=O)/C=C/c2cc(OC)ccc2OC)sc(C(=O)N(C)C)c1C. The number of thiophene rings is 1. The van der Waals surface area contributed by atoms with Crippen LogP contribution in [0.3, 0.4) is 0 Å². The third-order valence-corrected chi connectivity index (χ3v) is 5.51. The summed E-state index contributed by atoms with van der Waals surface area (Å²) >= 11 is 1.04.